The van der Waals surface area contributed by atoms with Crippen LogP contribution in [0.5, 0.6) is 0 Å². The van der Waals surface area contributed by atoms with Crippen LogP contribution in [-0.2, 0) is 27.9 Å². The van der Waals surface area contributed by atoms with Crippen LogP contribution in [0.4, 0.5) is 0 Å². The van der Waals surface area contributed by atoms with Gasteiger partial charge in [0.1, 0.15) is 12.2 Å². The third kappa shape index (κ3) is 40.2. The van der Waals surface area contributed by atoms with Crippen LogP contribution in [0.1, 0.15) is 187 Å². The number of hydrogen-bond donors (Lipinski definition) is 3. The molecule has 312 valence electrons. The van der Waals surface area contributed by atoms with Crippen molar-refractivity contribution in [3.05, 3.63) is 36.5 Å². The van der Waals surface area contributed by atoms with Crippen molar-refractivity contribution in [1.29, 1.82) is 0 Å². The van der Waals surface area contributed by atoms with Gasteiger partial charge in [0.2, 0.25) is 0 Å². The summed E-state index contributed by atoms with van der Waals surface area (Å²) in [6.45, 7) is 3.42. The Kier molecular flexibility index (Phi) is 39.3. The van der Waals surface area contributed by atoms with Crippen LogP contribution in [0, 0.1) is 0 Å². The molecule has 0 aromatic heterocycles. The highest BCUT2D eigenvalue weighted by Crippen LogP contribution is 2.43. The first-order valence-corrected chi connectivity index (χ1v) is 23.0. The molecule has 0 bridgehead atoms. The summed E-state index contributed by atoms with van der Waals surface area (Å²) >= 11 is 0. The zero-order valence-electron chi connectivity index (χ0n) is 34.0. The van der Waals surface area contributed by atoms with Gasteiger partial charge in [-0.05, 0) is 44.9 Å². The molecule has 0 spiro atoms. The van der Waals surface area contributed by atoms with Crippen molar-refractivity contribution in [1.82, 2.24) is 0 Å². The monoisotopic (exact) mass is 773 g/mol. The van der Waals surface area contributed by atoms with Crippen molar-refractivity contribution in [2.24, 2.45) is 0 Å². The molecule has 9 nitrogen and oxygen atoms in total. The lowest BCUT2D eigenvalue weighted by Gasteiger charge is -2.20. The fourth-order valence-corrected chi connectivity index (χ4v) is 6.63. The highest BCUT2D eigenvalue weighted by Gasteiger charge is 2.26. The van der Waals surface area contributed by atoms with Gasteiger partial charge in [-0.2, -0.15) is 0 Å². The predicted octanol–water partition coefficient (Wildman–Crippen LogP) is 11.6. The van der Waals surface area contributed by atoms with E-state index >= 15 is 0 Å². The number of aliphatic hydroxyl groups is 2. The van der Waals surface area contributed by atoms with E-state index in [0.29, 0.717) is 6.61 Å². The Morgan fingerprint density at radius 2 is 1.08 bits per heavy atom. The molecule has 0 aliphatic carbocycles. The van der Waals surface area contributed by atoms with Gasteiger partial charge in [0, 0.05) is 13.0 Å². The molecule has 3 N–H and O–H groups in total. The molecule has 0 fully saturated rings. The molecule has 0 saturated carbocycles. The smallest absolute Gasteiger partial charge is 0.457 e. The first kappa shape index (κ1) is 51.7. The van der Waals surface area contributed by atoms with Crippen LogP contribution in [0.15, 0.2) is 36.5 Å². The lowest BCUT2D eigenvalue weighted by Crippen LogP contribution is -2.29. The van der Waals surface area contributed by atoms with E-state index < -0.39 is 39.2 Å². The Bertz CT molecular complexity index is 923. The maximum absolute atomic E-state index is 12.6. The van der Waals surface area contributed by atoms with Crippen molar-refractivity contribution in [2.45, 2.75) is 199 Å². The number of carbonyl (C=O) groups excluding carboxylic acids is 1. The molecule has 0 amide bonds. The summed E-state index contributed by atoms with van der Waals surface area (Å²) in [7, 11) is -4.52. The Morgan fingerprint density at radius 3 is 1.62 bits per heavy atom. The van der Waals surface area contributed by atoms with E-state index in [9.17, 15) is 19.4 Å². The van der Waals surface area contributed by atoms with E-state index in [2.05, 4.69) is 50.3 Å². The largest absolute Gasteiger partial charge is 0.472 e. The number of allylic oxidation sites excluding steroid dienone is 6. The molecule has 0 radical (unpaired) electrons. The highest BCUT2D eigenvalue weighted by molar-refractivity contribution is 7.47. The van der Waals surface area contributed by atoms with Gasteiger partial charge in [0.15, 0.2) is 0 Å². The fourth-order valence-electron chi connectivity index (χ4n) is 5.84. The number of ether oxygens (including phenoxy) is 2. The molecular weight excluding hydrogens is 691 g/mol. The van der Waals surface area contributed by atoms with Crippen molar-refractivity contribution in [3.8, 4) is 0 Å². The third-order valence-electron chi connectivity index (χ3n) is 9.09. The fraction of sp³-hybridized carbons (Fsp3) is 0.837. The summed E-state index contributed by atoms with van der Waals surface area (Å²) in [5.41, 5.74) is 0. The number of aliphatic hydroxyl groups excluding tert-OH is 2. The topological polar surface area (TPSA) is 132 Å². The van der Waals surface area contributed by atoms with Gasteiger partial charge in [-0.1, -0.05) is 172 Å². The van der Waals surface area contributed by atoms with Gasteiger partial charge in [-0.15, -0.1) is 0 Å². The standard InChI is InChI=1S/C43H81O9P/c1-3-5-7-9-11-13-15-17-19-20-21-23-25-27-29-31-33-35-43(46)52-42(40-51-53(47,48)50-38-41(45)37-44)39-49-36-34-32-30-28-26-24-22-18-16-14-12-10-8-6-4-2/h5,7,11,13,17,19,41-42,44-45H,3-4,6,8-10,12,14-16,18,20-40H2,1-2H3,(H,47,48)/b7-5-,13-11-,19-17-. The first-order chi connectivity index (χ1) is 25.8. The van der Waals surface area contributed by atoms with Crippen molar-refractivity contribution in [3.63, 3.8) is 0 Å². The zero-order chi connectivity index (χ0) is 38.9. The predicted molar refractivity (Wildman–Crippen MR) is 219 cm³/mol. The summed E-state index contributed by atoms with van der Waals surface area (Å²) < 4.78 is 33.4. The molecule has 0 aliphatic heterocycles. The Hall–Kier alpha value is -1.32. The van der Waals surface area contributed by atoms with Crippen LogP contribution in [0.3, 0.4) is 0 Å². The van der Waals surface area contributed by atoms with E-state index in [1.54, 1.807) is 0 Å². The number of phosphoric ester groups is 1. The Balaban J connectivity index is 4.18. The minimum Gasteiger partial charge on any atom is -0.457 e. The molecule has 0 aliphatic rings. The van der Waals surface area contributed by atoms with Crippen LogP contribution in [0.25, 0.3) is 0 Å². The van der Waals surface area contributed by atoms with Gasteiger partial charge in [0.25, 0.3) is 0 Å². The second kappa shape index (κ2) is 40.3. The summed E-state index contributed by atoms with van der Waals surface area (Å²) in [6.07, 6.45) is 42.4. The van der Waals surface area contributed by atoms with E-state index in [1.807, 2.05) is 0 Å². The summed E-state index contributed by atoms with van der Waals surface area (Å²) in [5, 5.41) is 18.3. The average Bonchev–Trinajstić information content (AvgIpc) is 3.15. The normalized spacial score (nSPS) is 14.4. The molecular formula is C43H81O9P. The Labute approximate surface area is 325 Å². The van der Waals surface area contributed by atoms with Crippen molar-refractivity contribution >= 4 is 13.8 Å². The minimum absolute atomic E-state index is 0.0478. The molecule has 0 aromatic carbocycles. The lowest BCUT2D eigenvalue weighted by atomic mass is 10.0. The highest BCUT2D eigenvalue weighted by atomic mass is 31.2. The zero-order valence-corrected chi connectivity index (χ0v) is 34.9. The van der Waals surface area contributed by atoms with E-state index in [-0.39, 0.29) is 19.6 Å². The molecule has 0 rings (SSSR count). The molecule has 3 atom stereocenters. The van der Waals surface area contributed by atoms with Gasteiger partial charge in [-0.3, -0.25) is 13.8 Å². The molecule has 0 aromatic rings. The second-order valence-electron chi connectivity index (χ2n) is 14.3. The van der Waals surface area contributed by atoms with Crippen LogP contribution in [0.2, 0.25) is 0 Å². The molecule has 0 saturated heterocycles. The van der Waals surface area contributed by atoms with E-state index in [0.717, 1.165) is 64.2 Å². The summed E-state index contributed by atoms with van der Waals surface area (Å²) in [4.78, 5) is 22.6. The average molecular weight is 773 g/mol. The lowest BCUT2D eigenvalue weighted by molar-refractivity contribution is -0.154. The second-order valence-corrected chi connectivity index (χ2v) is 15.8. The number of phosphoric acid groups is 1. The number of rotatable bonds is 41. The third-order valence-corrected chi connectivity index (χ3v) is 10.0. The number of carbonyl (C=O) groups is 1. The SMILES string of the molecule is CC/C=C\C/C=C\C/C=C\CCCCCCCCCC(=O)OC(COCCCCCCCCCCCCCCCCC)COP(=O)(O)OCC(O)CO. The molecule has 53 heavy (non-hydrogen) atoms. The van der Waals surface area contributed by atoms with Gasteiger partial charge < -0.3 is 24.6 Å². The van der Waals surface area contributed by atoms with Crippen LogP contribution < -0.4 is 0 Å². The first-order valence-electron chi connectivity index (χ1n) is 21.5. The van der Waals surface area contributed by atoms with Crippen molar-refractivity contribution in [2.75, 3.05) is 33.0 Å². The maximum Gasteiger partial charge on any atom is 0.472 e. The number of esters is 1. The minimum atomic E-state index is -4.52. The van der Waals surface area contributed by atoms with Crippen molar-refractivity contribution < 1.29 is 43.0 Å². The van der Waals surface area contributed by atoms with Crippen LogP contribution >= 0.6 is 7.82 Å². The molecule has 0 heterocycles. The van der Waals surface area contributed by atoms with Crippen LogP contribution in [-0.4, -0.2) is 66.3 Å². The van der Waals surface area contributed by atoms with E-state index in [1.165, 1.54) is 103 Å². The summed E-state index contributed by atoms with van der Waals surface area (Å²) in [6, 6.07) is 0. The van der Waals surface area contributed by atoms with Gasteiger partial charge in [-0.25, -0.2) is 4.57 Å². The Morgan fingerprint density at radius 1 is 0.604 bits per heavy atom. The van der Waals surface area contributed by atoms with Gasteiger partial charge >= 0.3 is 13.8 Å². The summed E-state index contributed by atoms with van der Waals surface area (Å²) in [5.74, 6) is -0.391. The molecule has 10 heteroatoms. The quantitative estimate of drug-likeness (QED) is 0.0240. The van der Waals surface area contributed by atoms with E-state index in [4.69, 9.17) is 23.6 Å². The molecule has 3 unspecified atom stereocenters. The number of hydrogen-bond acceptors (Lipinski definition) is 8. The van der Waals surface area contributed by atoms with Gasteiger partial charge in [0.05, 0.1) is 26.4 Å². The maximum atomic E-state index is 12.6. The number of unbranched alkanes of at least 4 members (excludes halogenated alkanes) is 21.